The van der Waals surface area contributed by atoms with E-state index in [-0.39, 0.29) is 0 Å². The first-order valence-corrected chi connectivity index (χ1v) is 6.99. The number of aromatic nitrogens is 1. The van der Waals surface area contributed by atoms with E-state index in [4.69, 9.17) is 11.6 Å². The number of benzene rings is 1. The van der Waals surface area contributed by atoms with Gasteiger partial charge in [-0.3, -0.25) is 0 Å². The van der Waals surface area contributed by atoms with Gasteiger partial charge >= 0.3 is 0 Å². The fraction of sp³-hybridized carbons (Fsp3) is 0.267. The van der Waals surface area contributed by atoms with Crippen LogP contribution in [0, 0.1) is 5.95 Å². The van der Waals surface area contributed by atoms with Gasteiger partial charge in [0.1, 0.15) is 5.82 Å². The Bertz CT molecular complexity index is 597. The van der Waals surface area contributed by atoms with Gasteiger partial charge in [-0.15, -0.1) is 0 Å². The molecule has 0 spiro atoms. The Kier molecular flexibility index (Phi) is 3.74. The summed E-state index contributed by atoms with van der Waals surface area (Å²) in [5.41, 5.74) is 1.06. The first kappa shape index (κ1) is 13.2. The van der Waals surface area contributed by atoms with Gasteiger partial charge in [0.15, 0.2) is 0 Å². The average Bonchev–Trinajstić information content (AvgIpc) is 2.48. The maximum atomic E-state index is 13.2. The van der Waals surface area contributed by atoms with Crippen molar-refractivity contribution in [3.8, 4) is 0 Å². The number of anilines is 2. The standard InChI is InChI=1S/C15H15ClFN3/c16-12-4-1-2-5-13(12)19-8-10-20(11-9-19)15-7-3-6-14(17)18-15/h1-7H,8-11H2. The summed E-state index contributed by atoms with van der Waals surface area (Å²) in [6.45, 7) is 3.31. The molecule has 1 saturated heterocycles. The van der Waals surface area contributed by atoms with E-state index in [0.717, 1.165) is 36.9 Å². The number of para-hydroxylation sites is 1. The molecule has 0 saturated carbocycles. The van der Waals surface area contributed by atoms with E-state index < -0.39 is 5.95 Å². The molecule has 3 rings (SSSR count). The van der Waals surface area contributed by atoms with Crippen LogP contribution in [-0.2, 0) is 0 Å². The molecule has 2 aromatic rings. The summed E-state index contributed by atoms with van der Waals surface area (Å²) in [5.74, 6) is 0.264. The summed E-state index contributed by atoms with van der Waals surface area (Å²) in [6.07, 6.45) is 0. The number of halogens is 2. The number of piperazine rings is 1. The molecule has 0 radical (unpaired) electrons. The van der Waals surface area contributed by atoms with Crippen LogP contribution in [0.5, 0.6) is 0 Å². The number of rotatable bonds is 2. The van der Waals surface area contributed by atoms with Gasteiger partial charge in [0.2, 0.25) is 5.95 Å². The normalized spacial score (nSPS) is 15.5. The highest BCUT2D eigenvalue weighted by Gasteiger charge is 2.19. The van der Waals surface area contributed by atoms with Gasteiger partial charge in [-0.2, -0.15) is 4.39 Å². The van der Waals surface area contributed by atoms with Crippen LogP contribution in [0.4, 0.5) is 15.9 Å². The summed E-state index contributed by atoms with van der Waals surface area (Å²) in [4.78, 5) is 8.27. The smallest absolute Gasteiger partial charge is 0.214 e. The lowest BCUT2D eigenvalue weighted by atomic mass is 10.2. The van der Waals surface area contributed by atoms with Gasteiger partial charge in [0, 0.05) is 26.2 Å². The Morgan fingerprint density at radius 3 is 2.30 bits per heavy atom. The molecule has 1 aliphatic heterocycles. The van der Waals surface area contributed by atoms with Crippen molar-refractivity contribution < 1.29 is 4.39 Å². The Morgan fingerprint density at radius 1 is 0.900 bits per heavy atom. The molecule has 3 nitrogen and oxygen atoms in total. The summed E-state index contributed by atoms with van der Waals surface area (Å²) >= 11 is 6.21. The van der Waals surface area contributed by atoms with Crippen molar-refractivity contribution in [1.29, 1.82) is 0 Å². The van der Waals surface area contributed by atoms with E-state index in [1.54, 1.807) is 6.07 Å². The van der Waals surface area contributed by atoms with Crippen LogP contribution < -0.4 is 9.80 Å². The fourth-order valence-corrected chi connectivity index (χ4v) is 2.71. The monoisotopic (exact) mass is 291 g/mol. The molecule has 5 heteroatoms. The molecular weight excluding hydrogens is 277 g/mol. The van der Waals surface area contributed by atoms with Crippen LogP contribution in [-0.4, -0.2) is 31.2 Å². The summed E-state index contributed by atoms with van der Waals surface area (Å²) < 4.78 is 13.2. The van der Waals surface area contributed by atoms with Gasteiger partial charge in [-0.1, -0.05) is 29.8 Å². The van der Waals surface area contributed by atoms with E-state index in [1.807, 2.05) is 30.3 Å². The molecule has 0 unspecified atom stereocenters. The van der Waals surface area contributed by atoms with E-state index in [9.17, 15) is 4.39 Å². The molecule has 0 atom stereocenters. The zero-order valence-electron chi connectivity index (χ0n) is 11.0. The quantitative estimate of drug-likeness (QED) is 0.792. The third kappa shape index (κ3) is 2.70. The molecule has 2 heterocycles. The zero-order valence-corrected chi connectivity index (χ0v) is 11.7. The van der Waals surface area contributed by atoms with Crippen molar-refractivity contribution in [1.82, 2.24) is 4.98 Å². The van der Waals surface area contributed by atoms with Crippen molar-refractivity contribution in [2.75, 3.05) is 36.0 Å². The molecule has 20 heavy (non-hydrogen) atoms. The Balaban J connectivity index is 1.70. The number of hydrogen-bond donors (Lipinski definition) is 0. The maximum Gasteiger partial charge on any atom is 0.214 e. The van der Waals surface area contributed by atoms with Crippen LogP contribution in [0.2, 0.25) is 5.02 Å². The topological polar surface area (TPSA) is 19.4 Å². The van der Waals surface area contributed by atoms with Crippen LogP contribution in [0.1, 0.15) is 0 Å². The Hall–Kier alpha value is -1.81. The second kappa shape index (κ2) is 5.67. The Labute approximate surface area is 122 Å². The highest BCUT2D eigenvalue weighted by Crippen LogP contribution is 2.26. The van der Waals surface area contributed by atoms with E-state index >= 15 is 0 Å². The first-order valence-electron chi connectivity index (χ1n) is 6.61. The average molecular weight is 292 g/mol. The summed E-state index contributed by atoms with van der Waals surface area (Å²) in [7, 11) is 0. The number of nitrogens with zero attached hydrogens (tertiary/aromatic N) is 3. The van der Waals surface area contributed by atoms with E-state index in [0.29, 0.717) is 5.82 Å². The van der Waals surface area contributed by atoms with Gasteiger partial charge < -0.3 is 9.80 Å². The van der Waals surface area contributed by atoms with Gasteiger partial charge in [-0.05, 0) is 24.3 Å². The molecule has 0 bridgehead atoms. The zero-order chi connectivity index (χ0) is 13.9. The molecule has 0 aliphatic carbocycles. The summed E-state index contributed by atoms with van der Waals surface area (Å²) in [5, 5.41) is 0.768. The van der Waals surface area contributed by atoms with Crippen molar-refractivity contribution in [2.45, 2.75) is 0 Å². The van der Waals surface area contributed by atoms with Gasteiger partial charge in [0.05, 0.1) is 10.7 Å². The minimum atomic E-state index is -0.434. The lowest BCUT2D eigenvalue weighted by molar-refractivity contribution is 0.575. The first-order chi connectivity index (χ1) is 9.74. The molecule has 0 N–H and O–H groups in total. The third-order valence-corrected chi connectivity index (χ3v) is 3.82. The lowest BCUT2D eigenvalue weighted by Crippen LogP contribution is -2.47. The van der Waals surface area contributed by atoms with Crippen molar-refractivity contribution >= 4 is 23.1 Å². The fourth-order valence-electron chi connectivity index (χ4n) is 2.46. The van der Waals surface area contributed by atoms with E-state index in [2.05, 4.69) is 14.8 Å². The Morgan fingerprint density at radius 2 is 1.60 bits per heavy atom. The van der Waals surface area contributed by atoms with Crippen LogP contribution in [0.15, 0.2) is 42.5 Å². The lowest BCUT2D eigenvalue weighted by Gasteiger charge is -2.37. The molecule has 1 aromatic carbocycles. The van der Waals surface area contributed by atoms with Crippen molar-refractivity contribution in [3.05, 3.63) is 53.4 Å². The highest BCUT2D eigenvalue weighted by molar-refractivity contribution is 6.33. The molecule has 1 aliphatic rings. The van der Waals surface area contributed by atoms with Gasteiger partial charge in [0.25, 0.3) is 0 Å². The SMILES string of the molecule is Fc1cccc(N2CCN(c3ccccc3Cl)CC2)n1. The molecule has 1 fully saturated rings. The molecule has 0 amide bonds. The second-order valence-corrected chi connectivity index (χ2v) is 5.15. The van der Waals surface area contributed by atoms with Crippen molar-refractivity contribution in [2.24, 2.45) is 0 Å². The second-order valence-electron chi connectivity index (χ2n) is 4.74. The molecule has 104 valence electrons. The van der Waals surface area contributed by atoms with Crippen molar-refractivity contribution in [3.63, 3.8) is 0 Å². The number of hydrogen-bond acceptors (Lipinski definition) is 3. The predicted molar refractivity (Wildman–Crippen MR) is 80.1 cm³/mol. The van der Waals surface area contributed by atoms with Crippen LogP contribution in [0.3, 0.4) is 0 Å². The van der Waals surface area contributed by atoms with E-state index in [1.165, 1.54) is 6.07 Å². The largest absolute Gasteiger partial charge is 0.367 e. The maximum absolute atomic E-state index is 13.2. The minimum Gasteiger partial charge on any atom is -0.367 e. The number of pyridine rings is 1. The predicted octanol–water partition coefficient (Wildman–Crippen LogP) is 3.20. The van der Waals surface area contributed by atoms with Crippen LogP contribution >= 0.6 is 11.6 Å². The highest BCUT2D eigenvalue weighted by atomic mass is 35.5. The van der Waals surface area contributed by atoms with Gasteiger partial charge in [-0.25, -0.2) is 4.98 Å². The minimum absolute atomic E-state index is 0.434. The molecule has 1 aromatic heterocycles. The molecular formula is C15H15ClFN3. The third-order valence-electron chi connectivity index (χ3n) is 3.50. The summed E-state index contributed by atoms with van der Waals surface area (Å²) in [6, 6.07) is 12.7. The van der Waals surface area contributed by atoms with Crippen LogP contribution in [0.25, 0.3) is 0 Å².